The first-order valence-electron chi connectivity index (χ1n) is 8.40. The van der Waals surface area contributed by atoms with Gasteiger partial charge in [-0.25, -0.2) is 9.97 Å². The van der Waals surface area contributed by atoms with Crippen LogP contribution in [0.1, 0.15) is 26.7 Å². The average molecular weight is 372 g/mol. The maximum atomic E-state index is 12.2. The minimum atomic E-state index is 0.0475. The second kappa shape index (κ2) is 8.45. The highest BCUT2D eigenvalue weighted by molar-refractivity contribution is 8.00. The van der Waals surface area contributed by atoms with E-state index in [4.69, 9.17) is 4.98 Å². The zero-order chi connectivity index (χ0) is 17.6. The third-order valence-corrected chi connectivity index (χ3v) is 5.64. The lowest BCUT2D eigenvalue weighted by atomic mass is 10.2. The third kappa shape index (κ3) is 4.58. The molecule has 6 heteroatoms. The van der Waals surface area contributed by atoms with E-state index >= 15 is 0 Å². The summed E-state index contributed by atoms with van der Waals surface area (Å²) in [6, 6.07) is 12.2. The molecular weight excluding hydrogens is 350 g/mol. The Balaban J connectivity index is 1.81. The van der Waals surface area contributed by atoms with E-state index in [2.05, 4.69) is 17.2 Å². The van der Waals surface area contributed by atoms with Crippen LogP contribution in [0.15, 0.2) is 46.8 Å². The highest BCUT2D eigenvalue weighted by Crippen LogP contribution is 2.29. The predicted octanol–water partition coefficient (Wildman–Crippen LogP) is 4.76. The summed E-state index contributed by atoms with van der Waals surface area (Å²) >= 11 is 3.09. The van der Waals surface area contributed by atoms with Gasteiger partial charge in [0, 0.05) is 11.4 Å². The van der Waals surface area contributed by atoms with Gasteiger partial charge in [-0.15, -0.1) is 11.3 Å². The van der Waals surface area contributed by atoms with E-state index in [-0.39, 0.29) is 11.9 Å². The first-order chi connectivity index (χ1) is 12.2. The smallest absolute Gasteiger partial charge is 0.230 e. The number of carbonyl (C=O) groups excluding carboxylic acids is 1. The molecule has 2 heterocycles. The number of nitrogens with one attached hydrogen (secondary N) is 1. The maximum absolute atomic E-state index is 12.2. The summed E-state index contributed by atoms with van der Waals surface area (Å²) in [7, 11) is 0. The van der Waals surface area contributed by atoms with Crippen molar-refractivity contribution in [2.24, 2.45) is 0 Å². The molecule has 0 aliphatic carbocycles. The van der Waals surface area contributed by atoms with E-state index < -0.39 is 0 Å². The van der Waals surface area contributed by atoms with Gasteiger partial charge in [-0.1, -0.05) is 49.4 Å². The van der Waals surface area contributed by atoms with Crippen LogP contribution in [0.5, 0.6) is 0 Å². The van der Waals surface area contributed by atoms with Crippen molar-refractivity contribution in [3.8, 4) is 10.7 Å². The van der Waals surface area contributed by atoms with Gasteiger partial charge in [0.05, 0.1) is 16.1 Å². The molecule has 0 radical (unpaired) electrons. The Morgan fingerprint density at radius 3 is 2.84 bits per heavy atom. The Morgan fingerprint density at radius 1 is 1.24 bits per heavy atom. The number of amides is 1. The summed E-state index contributed by atoms with van der Waals surface area (Å²) in [5.74, 6) is 1.13. The Bertz CT molecular complexity index is 849. The van der Waals surface area contributed by atoms with E-state index in [1.807, 2.05) is 48.7 Å². The quantitative estimate of drug-likeness (QED) is 0.481. The fraction of sp³-hybridized carbons (Fsp3) is 0.316. The molecule has 2 aromatic heterocycles. The van der Waals surface area contributed by atoms with Gasteiger partial charge < -0.3 is 5.32 Å². The van der Waals surface area contributed by atoms with Crippen LogP contribution >= 0.6 is 23.1 Å². The van der Waals surface area contributed by atoms with Crippen LogP contribution in [0.2, 0.25) is 0 Å². The van der Waals surface area contributed by atoms with E-state index in [9.17, 15) is 4.79 Å². The average Bonchev–Trinajstić information content (AvgIpc) is 3.14. The van der Waals surface area contributed by atoms with Crippen molar-refractivity contribution in [1.82, 2.24) is 15.3 Å². The highest BCUT2D eigenvalue weighted by atomic mass is 32.2. The molecular formula is C19H21N3OS2. The first kappa shape index (κ1) is 17.9. The van der Waals surface area contributed by atoms with E-state index in [0.717, 1.165) is 39.5 Å². The summed E-state index contributed by atoms with van der Waals surface area (Å²) < 4.78 is 0. The fourth-order valence-corrected chi connectivity index (χ4v) is 4.12. The van der Waals surface area contributed by atoms with Gasteiger partial charge in [0.15, 0.2) is 5.82 Å². The van der Waals surface area contributed by atoms with Crippen LogP contribution in [-0.2, 0) is 4.79 Å². The van der Waals surface area contributed by atoms with Gasteiger partial charge in [-0.2, -0.15) is 0 Å². The zero-order valence-electron chi connectivity index (χ0n) is 14.4. The monoisotopic (exact) mass is 371 g/mol. The molecule has 0 saturated heterocycles. The molecule has 0 saturated carbocycles. The Labute approximate surface area is 156 Å². The zero-order valence-corrected chi connectivity index (χ0v) is 16.0. The minimum Gasteiger partial charge on any atom is -0.353 e. The number of hydrogen-bond donors (Lipinski definition) is 1. The number of para-hydroxylation sites is 1. The molecule has 0 aliphatic rings. The van der Waals surface area contributed by atoms with Crippen molar-refractivity contribution < 1.29 is 4.79 Å². The molecule has 3 aromatic rings. The SMILES string of the molecule is CCC[C@H](C)NC(=O)CSc1nc(-c2cccs2)nc2ccccc12. The van der Waals surface area contributed by atoms with E-state index in [0.29, 0.717) is 5.75 Å². The molecule has 0 unspecified atom stereocenters. The number of benzene rings is 1. The highest BCUT2D eigenvalue weighted by Gasteiger charge is 2.13. The standard InChI is InChI=1S/C19H21N3OS2/c1-3-7-13(2)20-17(23)12-25-19-14-8-4-5-9-15(14)21-18(22-19)16-10-6-11-24-16/h4-6,8-11,13H,3,7,12H2,1-2H3,(H,20,23)/t13-/m0/s1. The minimum absolute atomic E-state index is 0.0475. The van der Waals surface area contributed by atoms with Crippen molar-refractivity contribution in [2.75, 3.05) is 5.75 Å². The lowest BCUT2D eigenvalue weighted by molar-refractivity contribution is -0.119. The summed E-state index contributed by atoms with van der Waals surface area (Å²) in [4.78, 5) is 22.6. The second-order valence-electron chi connectivity index (χ2n) is 5.89. The molecule has 1 atom stereocenters. The largest absolute Gasteiger partial charge is 0.353 e. The fourth-order valence-electron chi connectivity index (χ4n) is 2.63. The lowest BCUT2D eigenvalue weighted by Crippen LogP contribution is -2.33. The van der Waals surface area contributed by atoms with Crippen LogP contribution in [0.3, 0.4) is 0 Å². The molecule has 1 aromatic carbocycles. The number of fused-ring (bicyclic) bond motifs is 1. The topological polar surface area (TPSA) is 54.9 Å². The Kier molecular flexibility index (Phi) is 6.04. The van der Waals surface area contributed by atoms with Crippen molar-refractivity contribution in [1.29, 1.82) is 0 Å². The van der Waals surface area contributed by atoms with E-state index in [1.165, 1.54) is 11.8 Å². The molecule has 1 N–H and O–H groups in total. The normalized spacial score (nSPS) is 12.2. The van der Waals surface area contributed by atoms with Crippen LogP contribution < -0.4 is 5.32 Å². The van der Waals surface area contributed by atoms with Crippen LogP contribution in [-0.4, -0.2) is 27.7 Å². The van der Waals surface area contributed by atoms with Gasteiger partial charge in [0.2, 0.25) is 5.91 Å². The number of thioether (sulfide) groups is 1. The Morgan fingerprint density at radius 2 is 2.08 bits per heavy atom. The summed E-state index contributed by atoms with van der Waals surface area (Å²) in [6.07, 6.45) is 2.06. The summed E-state index contributed by atoms with van der Waals surface area (Å²) in [6.45, 7) is 4.16. The van der Waals surface area contributed by atoms with Crippen molar-refractivity contribution in [3.63, 3.8) is 0 Å². The van der Waals surface area contributed by atoms with Crippen molar-refractivity contribution in [2.45, 2.75) is 37.8 Å². The van der Waals surface area contributed by atoms with Crippen molar-refractivity contribution in [3.05, 3.63) is 41.8 Å². The number of aromatic nitrogens is 2. The lowest BCUT2D eigenvalue weighted by Gasteiger charge is -2.13. The first-order valence-corrected chi connectivity index (χ1v) is 10.3. The van der Waals surface area contributed by atoms with Gasteiger partial charge >= 0.3 is 0 Å². The van der Waals surface area contributed by atoms with Gasteiger partial charge in [-0.3, -0.25) is 4.79 Å². The molecule has 4 nitrogen and oxygen atoms in total. The number of nitrogens with zero attached hydrogens (tertiary/aromatic N) is 2. The number of rotatable bonds is 7. The molecule has 0 fully saturated rings. The molecule has 0 aliphatic heterocycles. The molecule has 3 rings (SSSR count). The molecule has 0 spiro atoms. The van der Waals surface area contributed by atoms with Gasteiger partial charge in [-0.05, 0) is 30.9 Å². The summed E-state index contributed by atoms with van der Waals surface area (Å²) in [5.41, 5.74) is 0.906. The number of hydrogen-bond acceptors (Lipinski definition) is 5. The molecule has 0 bridgehead atoms. The van der Waals surface area contributed by atoms with Crippen LogP contribution in [0.4, 0.5) is 0 Å². The maximum Gasteiger partial charge on any atom is 0.230 e. The third-order valence-electron chi connectivity index (χ3n) is 3.78. The number of thiophene rings is 1. The van der Waals surface area contributed by atoms with Crippen molar-refractivity contribution >= 4 is 39.9 Å². The van der Waals surface area contributed by atoms with E-state index in [1.54, 1.807) is 11.3 Å². The van der Waals surface area contributed by atoms with Crippen LogP contribution in [0, 0.1) is 0 Å². The van der Waals surface area contributed by atoms with Crippen LogP contribution in [0.25, 0.3) is 21.6 Å². The second-order valence-corrected chi connectivity index (χ2v) is 7.80. The molecule has 130 valence electrons. The Hall–Kier alpha value is -1.92. The number of carbonyl (C=O) groups is 1. The van der Waals surface area contributed by atoms with Gasteiger partial charge in [0.1, 0.15) is 5.03 Å². The molecule has 25 heavy (non-hydrogen) atoms. The molecule has 1 amide bonds. The predicted molar refractivity (Wildman–Crippen MR) is 106 cm³/mol. The van der Waals surface area contributed by atoms with Gasteiger partial charge in [0.25, 0.3) is 0 Å². The summed E-state index contributed by atoms with van der Waals surface area (Å²) in [5, 5.41) is 6.90.